The quantitative estimate of drug-likeness (QED) is 0.550. The Morgan fingerprint density at radius 1 is 1.41 bits per heavy atom. The van der Waals surface area contributed by atoms with Crippen molar-refractivity contribution in [2.45, 2.75) is 32.7 Å². The lowest BCUT2D eigenvalue weighted by Crippen LogP contribution is -2.60. The van der Waals surface area contributed by atoms with Crippen LogP contribution in [0.1, 0.15) is 27.2 Å². The SMILES string of the molecule is C/C=C/CCNC(=O)C(C)(C)N1CCNCC1. The molecule has 0 aromatic heterocycles. The third kappa shape index (κ3) is 4.13. The molecule has 0 atom stereocenters. The molecule has 98 valence electrons. The molecule has 1 rings (SSSR count). The van der Waals surface area contributed by atoms with E-state index in [1.807, 2.05) is 26.8 Å². The zero-order valence-electron chi connectivity index (χ0n) is 11.3. The predicted octanol–water partition coefficient (Wildman–Crippen LogP) is 0.753. The minimum Gasteiger partial charge on any atom is -0.354 e. The maximum Gasteiger partial charge on any atom is 0.239 e. The lowest BCUT2D eigenvalue weighted by molar-refractivity contribution is -0.132. The smallest absolute Gasteiger partial charge is 0.239 e. The summed E-state index contributed by atoms with van der Waals surface area (Å²) in [5.74, 6) is 0.129. The van der Waals surface area contributed by atoms with E-state index in [9.17, 15) is 4.79 Å². The van der Waals surface area contributed by atoms with Crippen LogP contribution >= 0.6 is 0 Å². The van der Waals surface area contributed by atoms with E-state index in [1.165, 1.54) is 0 Å². The molecule has 1 fully saturated rings. The van der Waals surface area contributed by atoms with Crippen molar-refractivity contribution >= 4 is 5.91 Å². The summed E-state index contributed by atoms with van der Waals surface area (Å²) in [4.78, 5) is 14.4. The zero-order chi connectivity index (χ0) is 12.7. The summed E-state index contributed by atoms with van der Waals surface area (Å²) in [7, 11) is 0. The number of allylic oxidation sites excluding steroid dienone is 1. The molecule has 0 aromatic rings. The Bertz CT molecular complexity index is 268. The van der Waals surface area contributed by atoms with E-state index in [1.54, 1.807) is 0 Å². The Morgan fingerprint density at radius 2 is 2.06 bits per heavy atom. The first-order chi connectivity index (χ1) is 8.09. The summed E-state index contributed by atoms with van der Waals surface area (Å²) in [5, 5.41) is 6.31. The van der Waals surface area contributed by atoms with Gasteiger partial charge in [-0.3, -0.25) is 9.69 Å². The Kier molecular flexibility index (Phi) is 5.65. The van der Waals surface area contributed by atoms with Gasteiger partial charge in [0, 0.05) is 32.7 Å². The van der Waals surface area contributed by atoms with Crippen molar-refractivity contribution in [3.05, 3.63) is 12.2 Å². The van der Waals surface area contributed by atoms with Crippen LogP contribution in [-0.4, -0.2) is 49.1 Å². The molecule has 0 bridgehead atoms. The number of rotatable bonds is 5. The van der Waals surface area contributed by atoms with Gasteiger partial charge in [0.05, 0.1) is 5.54 Å². The summed E-state index contributed by atoms with van der Waals surface area (Å²) >= 11 is 0. The highest BCUT2D eigenvalue weighted by molar-refractivity contribution is 5.85. The van der Waals surface area contributed by atoms with Crippen molar-refractivity contribution in [1.82, 2.24) is 15.5 Å². The summed E-state index contributed by atoms with van der Waals surface area (Å²) in [6.45, 7) is 10.5. The highest BCUT2D eigenvalue weighted by Gasteiger charge is 2.34. The summed E-state index contributed by atoms with van der Waals surface area (Å²) in [6, 6.07) is 0. The maximum atomic E-state index is 12.1. The molecule has 1 saturated heterocycles. The fraction of sp³-hybridized carbons (Fsp3) is 0.769. The van der Waals surface area contributed by atoms with Crippen LogP contribution in [0.2, 0.25) is 0 Å². The average molecular weight is 239 g/mol. The monoisotopic (exact) mass is 239 g/mol. The van der Waals surface area contributed by atoms with Crippen LogP contribution < -0.4 is 10.6 Å². The van der Waals surface area contributed by atoms with Gasteiger partial charge in [0.1, 0.15) is 0 Å². The van der Waals surface area contributed by atoms with Crippen LogP contribution in [0.15, 0.2) is 12.2 Å². The highest BCUT2D eigenvalue weighted by atomic mass is 16.2. The molecule has 4 heteroatoms. The molecule has 0 saturated carbocycles. The number of hydrogen-bond acceptors (Lipinski definition) is 3. The van der Waals surface area contributed by atoms with Gasteiger partial charge in [-0.1, -0.05) is 12.2 Å². The second kappa shape index (κ2) is 6.77. The molecule has 1 aliphatic heterocycles. The molecule has 0 spiro atoms. The van der Waals surface area contributed by atoms with Crippen molar-refractivity contribution < 1.29 is 4.79 Å². The molecule has 2 N–H and O–H groups in total. The van der Waals surface area contributed by atoms with Crippen LogP contribution in [-0.2, 0) is 4.79 Å². The molecule has 1 amide bonds. The zero-order valence-corrected chi connectivity index (χ0v) is 11.3. The standard InChI is InChI=1S/C13H25N3O/c1-4-5-6-7-15-12(17)13(2,3)16-10-8-14-9-11-16/h4-5,14H,6-11H2,1-3H3,(H,15,17)/b5-4+. The topological polar surface area (TPSA) is 44.4 Å². The molecular weight excluding hydrogens is 214 g/mol. The van der Waals surface area contributed by atoms with E-state index in [-0.39, 0.29) is 5.91 Å². The van der Waals surface area contributed by atoms with Gasteiger partial charge in [0.25, 0.3) is 0 Å². The van der Waals surface area contributed by atoms with Crippen molar-refractivity contribution in [1.29, 1.82) is 0 Å². The maximum absolute atomic E-state index is 12.1. The molecular formula is C13H25N3O. The van der Waals surface area contributed by atoms with E-state index in [0.717, 1.165) is 39.1 Å². The number of carbonyl (C=O) groups is 1. The molecule has 0 aromatic carbocycles. The summed E-state index contributed by atoms with van der Waals surface area (Å²) in [5.41, 5.74) is -0.405. The number of amides is 1. The molecule has 17 heavy (non-hydrogen) atoms. The van der Waals surface area contributed by atoms with E-state index >= 15 is 0 Å². The fourth-order valence-corrected chi connectivity index (χ4v) is 2.02. The molecule has 1 aliphatic rings. The molecule has 0 radical (unpaired) electrons. The molecule has 1 heterocycles. The number of carbonyl (C=O) groups excluding carboxylic acids is 1. The van der Waals surface area contributed by atoms with Crippen molar-refractivity contribution in [3.63, 3.8) is 0 Å². The van der Waals surface area contributed by atoms with Gasteiger partial charge in [0.2, 0.25) is 5.91 Å². The average Bonchev–Trinajstić information content (AvgIpc) is 2.35. The lowest BCUT2D eigenvalue weighted by atomic mass is 10.0. The number of piperazine rings is 1. The van der Waals surface area contributed by atoms with Gasteiger partial charge in [-0.25, -0.2) is 0 Å². The van der Waals surface area contributed by atoms with Gasteiger partial charge in [0.15, 0.2) is 0 Å². The number of hydrogen-bond donors (Lipinski definition) is 2. The Balaban J connectivity index is 2.41. The van der Waals surface area contributed by atoms with Crippen LogP contribution in [0.4, 0.5) is 0 Å². The van der Waals surface area contributed by atoms with Crippen molar-refractivity contribution in [2.24, 2.45) is 0 Å². The molecule has 0 unspecified atom stereocenters. The van der Waals surface area contributed by atoms with E-state index in [2.05, 4.69) is 21.6 Å². The summed E-state index contributed by atoms with van der Waals surface area (Å²) < 4.78 is 0. The minimum absolute atomic E-state index is 0.129. The van der Waals surface area contributed by atoms with Crippen LogP contribution in [0, 0.1) is 0 Å². The normalized spacial score (nSPS) is 18.5. The first kappa shape index (κ1) is 14.2. The Morgan fingerprint density at radius 3 is 2.65 bits per heavy atom. The predicted molar refractivity (Wildman–Crippen MR) is 71.0 cm³/mol. The largest absolute Gasteiger partial charge is 0.354 e. The van der Waals surface area contributed by atoms with E-state index in [0.29, 0.717) is 0 Å². The second-order valence-corrected chi connectivity index (χ2v) is 4.91. The highest BCUT2D eigenvalue weighted by Crippen LogP contribution is 2.15. The second-order valence-electron chi connectivity index (χ2n) is 4.91. The van der Waals surface area contributed by atoms with Crippen molar-refractivity contribution in [3.8, 4) is 0 Å². The Hall–Kier alpha value is -0.870. The molecule has 4 nitrogen and oxygen atoms in total. The van der Waals surface area contributed by atoms with Gasteiger partial charge in [-0.2, -0.15) is 0 Å². The first-order valence-corrected chi connectivity index (χ1v) is 6.44. The van der Waals surface area contributed by atoms with E-state index < -0.39 is 5.54 Å². The van der Waals surface area contributed by atoms with Gasteiger partial charge < -0.3 is 10.6 Å². The third-order valence-corrected chi connectivity index (χ3v) is 3.30. The van der Waals surface area contributed by atoms with Crippen LogP contribution in [0.3, 0.4) is 0 Å². The van der Waals surface area contributed by atoms with Crippen molar-refractivity contribution in [2.75, 3.05) is 32.7 Å². The number of nitrogens with zero attached hydrogens (tertiary/aromatic N) is 1. The molecule has 0 aliphatic carbocycles. The van der Waals surface area contributed by atoms with Gasteiger partial charge in [-0.15, -0.1) is 0 Å². The van der Waals surface area contributed by atoms with Gasteiger partial charge in [-0.05, 0) is 27.2 Å². The third-order valence-electron chi connectivity index (χ3n) is 3.30. The Labute approximate surface area is 104 Å². The van der Waals surface area contributed by atoms with Crippen LogP contribution in [0.5, 0.6) is 0 Å². The number of nitrogens with one attached hydrogen (secondary N) is 2. The summed E-state index contributed by atoms with van der Waals surface area (Å²) in [6.07, 6.45) is 4.98. The van der Waals surface area contributed by atoms with Crippen LogP contribution in [0.25, 0.3) is 0 Å². The lowest BCUT2D eigenvalue weighted by Gasteiger charge is -2.39. The first-order valence-electron chi connectivity index (χ1n) is 6.44. The van der Waals surface area contributed by atoms with Gasteiger partial charge >= 0.3 is 0 Å². The fourth-order valence-electron chi connectivity index (χ4n) is 2.02. The van der Waals surface area contributed by atoms with E-state index in [4.69, 9.17) is 0 Å². The minimum atomic E-state index is -0.405.